The molecule has 222 valence electrons. The Morgan fingerprint density at radius 2 is 1.16 bits per heavy atom. The Labute approximate surface area is 228 Å². The Hall–Kier alpha value is -1.19. The molecule has 0 saturated carbocycles. The topological polar surface area (TPSA) is 46.2 Å². The fourth-order valence-corrected chi connectivity index (χ4v) is 4.00. The Kier molecular flexibility index (Phi) is 19.0. The summed E-state index contributed by atoms with van der Waals surface area (Å²) >= 11 is 0. The summed E-state index contributed by atoms with van der Waals surface area (Å²) in [6.07, 6.45) is -0.462. The van der Waals surface area contributed by atoms with Gasteiger partial charge in [-0.05, 0) is 25.7 Å². The molecule has 0 aliphatic carbocycles. The Morgan fingerprint density at radius 1 is 0.684 bits per heavy atom. The SMILES string of the molecule is CCCCOC[C@@H](OC)[C@@H](OCCCC)[C@H](OCCCC)[C@@H](OCCCC)C(F)C(F)(F)c1ccccc1. The number of hydrogen-bond acceptors (Lipinski definition) is 5. The van der Waals surface area contributed by atoms with Crippen LogP contribution in [0.5, 0.6) is 0 Å². The summed E-state index contributed by atoms with van der Waals surface area (Å²) in [5.41, 5.74) is -0.404. The molecule has 0 radical (unpaired) electrons. The van der Waals surface area contributed by atoms with E-state index in [-0.39, 0.29) is 19.8 Å². The highest BCUT2D eigenvalue weighted by molar-refractivity contribution is 5.22. The van der Waals surface area contributed by atoms with Gasteiger partial charge in [0, 0.05) is 39.1 Å². The van der Waals surface area contributed by atoms with E-state index >= 15 is 13.2 Å². The van der Waals surface area contributed by atoms with Gasteiger partial charge in [-0.2, -0.15) is 8.78 Å². The minimum Gasteiger partial charge on any atom is -0.379 e. The molecule has 0 spiro atoms. The fourth-order valence-electron chi connectivity index (χ4n) is 4.00. The van der Waals surface area contributed by atoms with E-state index in [1.165, 1.54) is 31.4 Å². The van der Waals surface area contributed by atoms with Crippen LogP contribution < -0.4 is 0 Å². The van der Waals surface area contributed by atoms with Gasteiger partial charge >= 0.3 is 5.92 Å². The van der Waals surface area contributed by atoms with Crippen molar-refractivity contribution in [3.05, 3.63) is 35.9 Å². The van der Waals surface area contributed by atoms with Gasteiger partial charge in [0.1, 0.15) is 24.4 Å². The lowest BCUT2D eigenvalue weighted by atomic mass is 9.92. The molecule has 8 heteroatoms. The molecule has 5 nitrogen and oxygen atoms in total. The third kappa shape index (κ3) is 11.9. The molecule has 5 atom stereocenters. The van der Waals surface area contributed by atoms with Crippen molar-refractivity contribution in [3.63, 3.8) is 0 Å². The van der Waals surface area contributed by atoms with Gasteiger partial charge in [-0.25, -0.2) is 4.39 Å². The molecule has 38 heavy (non-hydrogen) atoms. The van der Waals surface area contributed by atoms with Crippen molar-refractivity contribution in [3.8, 4) is 0 Å². The maximum absolute atomic E-state index is 16.1. The van der Waals surface area contributed by atoms with E-state index in [0.29, 0.717) is 26.1 Å². The van der Waals surface area contributed by atoms with Crippen molar-refractivity contribution in [1.29, 1.82) is 0 Å². The van der Waals surface area contributed by atoms with Crippen LogP contribution in [0.2, 0.25) is 0 Å². The van der Waals surface area contributed by atoms with Crippen LogP contribution in [0.1, 0.15) is 84.6 Å². The van der Waals surface area contributed by atoms with Crippen molar-refractivity contribution < 1.29 is 36.9 Å². The molecule has 0 aliphatic rings. The van der Waals surface area contributed by atoms with Crippen molar-refractivity contribution in [2.24, 2.45) is 0 Å². The minimum atomic E-state index is -3.79. The smallest absolute Gasteiger partial charge is 0.306 e. The number of benzene rings is 1. The second kappa shape index (κ2) is 20.7. The van der Waals surface area contributed by atoms with Crippen molar-refractivity contribution >= 4 is 0 Å². The van der Waals surface area contributed by atoms with E-state index in [2.05, 4.69) is 6.92 Å². The van der Waals surface area contributed by atoms with Crippen LogP contribution in [0.25, 0.3) is 0 Å². The van der Waals surface area contributed by atoms with Crippen LogP contribution >= 0.6 is 0 Å². The lowest BCUT2D eigenvalue weighted by Crippen LogP contribution is -2.56. The van der Waals surface area contributed by atoms with Gasteiger partial charge < -0.3 is 23.7 Å². The molecule has 0 heterocycles. The van der Waals surface area contributed by atoms with Gasteiger partial charge in [-0.1, -0.05) is 83.7 Å². The molecule has 0 N–H and O–H groups in total. The summed E-state index contributed by atoms with van der Waals surface area (Å²) in [5, 5.41) is 0. The van der Waals surface area contributed by atoms with Crippen molar-refractivity contribution in [2.75, 3.05) is 40.1 Å². The number of rotatable bonds is 24. The highest BCUT2D eigenvalue weighted by Gasteiger charge is 2.52. The quantitative estimate of drug-likeness (QED) is 0.125. The van der Waals surface area contributed by atoms with Gasteiger partial charge in [-0.15, -0.1) is 0 Å². The highest BCUT2D eigenvalue weighted by atomic mass is 19.3. The van der Waals surface area contributed by atoms with E-state index in [4.69, 9.17) is 23.7 Å². The maximum Gasteiger partial charge on any atom is 0.306 e. The fraction of sp³-hybridized carbons (Fsp3) is 0.800. The molecule has 0 saturated heterocycles. The summed E-state index contributed by atoms with van der Waals surface area (Å²) in [6, 6.07) is 7.04. The predicted molar refractivity (Wildman–Crippen MR) is 146 cm³/mol. The Morgan fingerprint density at radius 3 is 1.66 bits per heavy atom. The van der Waals surface area contributed by atoms with Crippen LogP contribution in [0.4, 0.5) is 13.2 Å². The first kappa shape index (κ1) is 34.8. The van der Waals surface area contributed by atoms with Crippen LogP contribution in [-0.4, -0.2) is 70.7 Å². The molecule has 0 aliphatic heterocycles. The number of halogens is 3. The molecule has 0 bridgehead atoms. The van der Waals surface area contributed by atoms with Gasteiger partial charge in [0.15, 0.2) is 6.17 Å². The summed E-state index contributed by atoms with van der Waals surface area (Å²) in [5.74, 6) is -3.79. The first-order valence-corrected chi connectivity index (χ1v) is 14.4. The molecule has 1 rings (SSSR count). The Balaban J connectivity index is 3.43. The van der Waals surface area contributed by atoms with E-state index in [9.17, 15) is 0 Å². The number of unbranched alkanes of at least 4 members (excludes halogenated alkanes) is 4. The zero-order valence-electron chi connectivity index (χ0n) is 24.1. The molecule has 1 unspecified atom stereocenters. The summed E-state index contributed by atoms with van der Waals surface area (Å²) in [6.45, 7) is 9.53. The molecule has 0 amide bonds. The first-order chi connectivity index (χ1) is 18.4. The third-order valence-corrected chi connectivity index (χ3v) is 6.46. The van der Waals surface area contributed by atoms with Crippen LogP contribution in [-0.2, 0) is 29.6 Å². The van der Waals surface area contributed by atoms with Gasteiger partial charge in [0.05, 0.1) is 6.61 Å². The summed E-state index contributed by atoms with van der Waals surface area (Å²) in [4.78, 5) is 0. The van der Waals surface area contributed by atoms with Crippen LogP contribution in [0.3, 0.4) is 0 Å². The zero-order valence-corrected chi connectivity index (χ0v) is 24.1. The molecular weight excluding hydrogens is 497 g/mol. The summed E-state index contributed by atoms with van der Waals surface area (Å²) < 4.78 is 77.2. The van der Waals surface area contributed by atoms with Gasteiger partial charge in [-0.3, -0.25) is 0 Å². The van der Waals surface area contributed by atoms with Crippen molar-refractivity contribution in [2.45, 2.75) is 116 Å². The molecule has 1 aromatic rings. The van der Waals surface area contributed by atoms with Gasteiger partial charge in [0.25, 0.3) is 0 Å². The molecular formula is C30H51F3O5. The third-order valence-electron chi connectivity index (χ3n) is 6.46. The second-order valence-electron chi connectivity index (χ2n) is 9.66. The van der Waals surface area contributed by atoms with Gasteiger partial charge in [0.2, 0.25) is 0 Å². The van der Waals surface area contributed by atoms with E-state index in [1.54, 1.807) is 6.07 Å². The van der Waals surface area contributed by atoms with E-state index < -0.39 is 42.1 Å². The highest BCUT2D eigenvalue weighted by Crippen LogP contribution is 2.38. The predicted octanol–water partition coefficient (Wildman–Crippen LogP) is 7.50. The number of hydrogen-bond donors (Lipinski definition) is 0. The molecule has 0 aromatic heterocycles. The number of methoxy groups -OCH3 is 1. The molecule has 0 fully saturated rings. The Bertz CT molecular complexity index is 679. The average Bonchev–Trinajstić information content (AvgIpc) is 2.93. The van der Waals surface area contributed by atoms with Crippen LogP contribution in [0.15, 0.2) is 30.3 Å². The minimum absolute atomic E-state index is 0.131. The normalized spacial score (nSPS) is 16.2. The maximum atomic E-state index is 16.1. The first-order valence-electron chi connectivity index (χ1n) is 14.4. The number of ether oxygens (including phenoxy) is 5. The van der Waals surface area contributed by atoms with E-state index in [1.807, 2.05) is 20.8 Å². The van der Waals surface area contributed by atoms with Crippen molar-refractivity contribution in [1.82, 2.24) is 0 Å². The largest absolute Gasteiger partial charge is 0.379 e. The van der Waals surface area contributed by atoms with Crippen LogP contribution in [0, 0.1) is 0 Å². The zero-order chi connectivity index (χ0) is 28.2. The monoisotopic (exact) mass is 548 g/mol. The lowest BCUT2D eigenvalue weighted by Gasteiger charge is -2.39. The van der Waals surface area contributed by atoms with E-state index in [0.717, 1.165) is 38.5 Å². The standard InChI is InChI=1S/C30H51F3O5/c1-6-10-19-35-23-25(34-5)26(36-20-11-7-2)27(37-21-12-8-3)28(38-22-13-9-4)29(31)30(32,33)24-17-15-14-16-18-24/h14-18,25-29H,6-13,19-23H2,1-5H3/t25-,26-,27+,28-,29?/m1/s1. The molecule has 1 aromatic carbocycles. The second-order valence-corrected chi connectivity index (χ2v) is 9.66. The summed E-state index contributed by atoms with van der Waals surface area (Å²) in [7, 11) is 1.52. The average molecular weight is 549 g/mol. The number of alkyl halides is 3. The lowest BCUT2D eigenvalue weighted by molar-refractivity contribution is -0.221.